The molecule has 0 aliphatic carbocycles. The van der Waals surface area contributed by atoms with Crippen molar-refractivity contribution in [3.05, 3.63) is 0 Å². The lowest BCUT2D eigenvalue weighted by Gasteiger charge is -2.06. The predicted octanol–water partition coefficient (Wildman–Crippen LogP) is 4.94. The number of nitrogens with one attached hydrogen (secondary N) is 1. The number of ether oxygens (including phenoxy) is 2. The van der Waals surface area contributed by atoms with Gasteiger partial charge in [0.2, 0.25) is 0 Å². The van der Waals surface area contributed by atoms with Crippen molar-refractivity contribution in [2.24, 2.45) is 0 Å². The van der Waals surface area contributed by atoms with Gasteiger partial charge in [-0.05, 0) is 45.2 Å². The molecule has 134 valence electrons. The van der Waals surface area contributed by atoms with E-state index in [-0.39, 0.29) is 0 Å². The standard InChI is InChI=1S/C19H41NO2/c1-3-5-6-7-11-16-21-17-12-8-9-13-18-22-19-14-10-15-20-4-2/h20H,3-19H2,1-2H3. The molecule has 0 saturated heterocycles. The zero-order chi connectivity index (χ0) is 16.1. The lowest BCUT2D eigenvalue weighted by molar-refractivity contribution is 0.117. The second-order valence-corrected chi connectivity index (χ2v) is 6.11. The smallest absolute Gasteiger partial charge is 0.0466 e. The molecular weight excluding hydrogens is 274 g/mol. The molecule has 0 spiro atoms. The molecule has 0 atom stereocenters. The highest BCUT2D eigenvalue weighted by Crippen LogP contribution is 2.04. The van der Waals surface area contributed by atoms with Gasteiger partial charge in [0.05, 0.1) is 0 Å². The van der Waals surface area contributed by atoms with E-state index < -0.39 is 0 Å². The van der Waals surface area contributed by atoms with Gasteiger partial charge in [-0.25, -0.2) is 0 Å². The van der Waals surface area contributed by atoms with Gasteiger partial charge >= 0.3 is 0 Å². The summed E-state index contributed by atoms with van der Waals surface area (Å²) < 4.78 is 11.3. The van der Waals surface area contributed by atoms with Crippen LogP contribution < -0.4 is 5.32 Å². The molecule has 0 saturated carbocycles. The largest absolute Gasteiger partial charge is 0.381 e. The second-order valence-electron chi connectivity index (χ2n) is 6.11. The Hall–Kier alpha value is -0.120. The first-order valence-corrected chi connectivity index (χ1v) is 9.78. The quantitative estimate of drug-likeness (QED) is 0.342. The average Bonchev–Trinajstić information content (AvgIpc) is 2.54. The zero-order valence-electron chi connectivity index (χ0n) is 15.3. The van der Waals surface area contributed by atoms with Crippen LogP contribution in [0.1, 0.15) is 84.5 Å². The molecule has 0 bridgehead atoms. The van der Waals surface area contributed by atoms with Gasteiger partial charge in [0, 0.05) is 26.4 Å². The van der Waals surface area contributed by atoms with Crippen LogP contribution in [0, 0.1) is 0 Å². The van der Waals surface area contributed by atoms with Gasteiger partial charge in [-0.1, -0.05) is 52.4 Å². The highest BCUT2D eigenvalue weighted by atomic mass is 16.5. The van der Waals surface area contributed by atoms with Crippen LogP contribution >= 0.6 is 0 Å². The first-order chi connectivity index (χ1) is 10.9. The molecule has 0 aromatic carbocycles. The van der Waals surface area contributed by atoms with Crippen molar-refractivity contribution in [3.8, 4) is 0 Å². The maximum atomic E-state index is 5.67. The summed E-state index contributed by atoms with van der Waals surface area (Å²) in [6, 6.07) is 0. The Kier molecular flexibility index (Phi) is 20.8. The molecule has 22 heavy (non-hydrogen) atoms. The summed E-state index contributed by atoms with van der Waals surface area (Å²) in [6.45, 7) is 10.4. The van der Waals surface area contributed by atoms with Crippen molar-refractivity contribution in [3.63, 3.8) is 0 Å². The molecule has 3 heteroatoms. The molecule has 0 aromatic rings. The Morgan fingerprint density at radius 3 is 1.45 bits per heavy atom. The van der Waals surface area contributed by atoms with Gasteiger partial charge in [0.1, 0.15) is 0 Å². The van der Waals surface area contributed by atoms with Crippen LogP contribution in [0.15, 0.2) is 0 Å². The Labute approximate surface area is 139 Å². The number of rotatable bonds is 19. The Bertz CT molecular complexity index is 168. The van der Waals surface area contributed by atoms with Crippen molar-refractivity contribution in [1.29, 1.82) is 0 Å². The minimum absolute atomic E-state index is 0.923. The minimum atomic E-state index is 0.923. The third-order valence-electron chi connectivity index (χ3n) is 3.86. The van der Waals surface area contributed by atoms with E-state index in [1.165, 1.54) is 70.6 Å². The molecule has 0 rings (SSSR count). The van der Waals surface area contributed by atoms with E-state index in [2.05, 4.69) is 19.2 Å². The van der Waals surface area contributed by atoms with Gasteiger partial charge in [0.15, 0.2) is 0 Å². The van der Waals surface area contributed by atoms with E-state index in [1.807, 2.05) is 0 Å². The molecule has 0 aliphatic heterocycles. The van der Waals surface area contributed by atoms with Gasteiger partial charge in [-0.2, -0.15) is 0 Å². The zero-order valence-corrected chi connectivity index (χ0v) is 15.3. The van der Waals surface area contributed by atoms with Gasteiger partial charge in [0.25, 0.3) is 0 Å². The van der Waals surface area contributed by atoms with E-state index in [4.69, 9.17) is 9.47 Å². The van der Waals surface area contributed by atoms with Crippen molar-refractivity contribution in [1.82, 2.24) is 5.32 Å². The minimum Gasteiger partial charge on any atom is -0.381 e. The molecule has 0 heterocycles. The second kappa shape index (κ2) is 20.9. The van der Waals surface area contributed by atoms with Crippen molar-refractivity contribution in [2.75, 3.05) is 39.5 Å². The van der Waals surface area contributed by atoms with Gasteiger partial charge in [-0.3, -0.25) is 0 Å². The summed E-state index contributed by atoms with van der Waals surface area (Å²) in [4.78, 5) is 0. The maximum absolute atomic E-state index is 5.67. The summed E-state index contributed by atoms with van der Waals surface area (Å²) in [5, 5.41) is 3.33. The summed E-state index contributed by atoms with van der Waals surface area (Å²) in [7, 11) is 0. The number of hydrogen-bond donors (Lipinski definition) is 1. The summed E-state index contributed by atoms with van der Waals surface area (Å²) >= 11 is 0. The van der Waals surface area contributed by atoms with Crippen LogP contribution in [0.4, 0.5) is 0 Å². The van der Waals surface area contributed by atoms with E-state index in [9.17, 15) is 0 Å². The van der Waals surface area contributed by atoms with Crippen LogP contribution in [0.2, 0.25) is 0 Å². The van der Waals surface area contributed by atoms with E-state index in [0.717, 1.165) is 39.5 Å². The lowest BCUT2D eigenvalue weighted by atomic mass is 10.2. The Morgan fingerprint density at radius 1 is 0.545 bits per heavy atom. The fraction of sp³-hybridized carbons (Fsp3) is 1.00. The molecule has 1 N–H and O–H groups in total. The first kappa shape index (κ1) is 21.9. The highest BCUT2D eigenvalue weighted by molar-refractivity contribution is 4.47. The van der Waals surface area contributed by atoms with Crippen LogP contribution in [0.3, 0.4) is 0 Å². The summed E-state index contributed by atoms with van der Waals surface area (Å²) in [5.41, 5.74) is 0. The molecule has 0 radical (unpaired) electrons. The van der Waals surface area contributed by atoms with Crippen LogP contribution in [-0.2, 0) is 9.47 Å². The topological polar surface area (TPSA) is 30.5 Å². The third kappa shape index (κ3) is 19.9. The molecule has 0 aliphatic rings. The Balaban J connectivity index is 2.91. The monoisotopic (exact) mass is 315 g/mol. The van der Waals surface area contributed by atoms with Gasteiger partial charge in [-0.15, -0.1) is 0 Å². The van der Waals surface area contributed by atoms with Crippen LogP contribution in [-0.4, -0.2) is 39.5 Å². The molecule has 0 amide bonds. The van der Waals surface area contributed by atoms with Crippen molar-refractivity contribution in [2.45, 2.75) is 84.5 Å². The predicted molar refractivity (Wildman–Crippen MR) is 96.6 cm³/mol. The molecule has 0 aromatic heterocycles. The maximum Gasteiger partial charge on any atom is 0.0466 e. The van der Waals surface area contributed by atoms with Crippen molar-refractivity contribution < 1.29 is 9.47 Å². The summed E-state index contributed by atoms with van der Waals surface area (Å²) in [6.07, 6.45) is 14.0. The van der Waals surface area contributed by atoms with E-state index >= 15 is 0 Å². The van der Waals surface area contributed by atoms with Crippen LogP contribution in [0.5, 0.6) is 0 Å². The molecular formula is C19H41NO2. The van der Waals surface area contributed by atoms with Gasteiger partial charge < -0.3 is 14.8 Å². The fourth-order valence-electron chi connectivity index (χ4n) is 2.40. The van der Waals surface area contributed by atoms with Crippen molar-refractivity contribution >= 4 is 0 Å². The molecule has 0 unspecified atom stereocenters. The SMILES string of the molecule is CCCCCCCOCCCCCCOCCCCNCC. The lowest BCUT2D eigenvalue weighted by Crippen LogP contribution is -2.14. The fourth-order valence-corrected chi connectivity index (χ4v) is 2.40. The first-order valence-electron chi connectivity index (χ1n) is 9.78. The van der Waals surface area contributed by atoms with Crippen LogP contribution in [0.25, 0.3) is 0 Å². The number of hydrogen-bond acceptors (Lipinski definition) is 3. The summed E-state index contributed by atoms with van der Waals surface area (Å²) in [5.74, 6) is 0. The molecule has 0 fully saturated rings. The highest BCUT2D eigenvalue weighted by Gasteiger charge is 1.94. The molecule has 3 nitrogen and oxygen atoms in total. The van der Waals surface area contributed by atoms with E-state index in [1.54, 1.807) is 0 Å². The Morgan fingerprint density at radius 2 is 1.00 bits per heavy atom. The average molecular weight is 316 g/mol. The number of unbranched alkanes of at least 4 members (excludes halogenated alkanes) is 8. The third-order valence-corrected chi connectivity index (χ3v) is 3.86. The normalized spacial score (nSPS) is 11.2. The van der Waals surface area contributed by atoms with E-state index in [0.29, 0.717) is 0 Å².